The van der Waals surface area contributed by atoms with Crippen molar-refractivity contribution in [2.45, 2.75) is 59.5 Å². The van der Waals surface area contributed by atoms with Crippen molar-refractivity contribution in [3.05, 3.63) is 53.6 Å². The van der Waals surface area contributed by atoms with E-state index in [1.165, 1.54) is 37.1 Å². The third-order valence-electron chi connectivity index (χ3n) is 5.98. The van der Waals surface area contributed by atoms with Crippen LogP contribution in [-0.2, 0) is 11.3 Å². The van der Waals surface area contributed by atoms with E-state index in [0.29, 0.717) is 30.5 Å². The number of likely N-dealkylation sites (tertiary alicyclic amines) is 1. The molecule has 1 amide bonds. The smallest absolute Gasteiger partial charge is 0.224 e. The van der Waals surface area contributed by atoms with Crippen molar-refractivity contribution in [3.63, 3.8) is 0 Å². The number of phenols is 1. The van der Waals surface area contributed by atoms with Crippen molar-refractivity contribution in [1.29, 1.82) is 0 Å². The van der Waals surface area contributed by atoms with Gasteiger partial charge in [0.2, 0.25) is 5.91 Å². The number of phenolic OH excluding ortho intramolecular Hbond substituents is 1. The molecule has 2 aromatic carbocycles. The number of nitrogens with one attached hydrogen (secondary N) is 2. The molecule has 0 saturated carbocycles. The molecule has 6 nitrogen and oxygen atoms in total. The lowest BCUT2D eigenvalue weighted by Gasteiger charge is -2.28. The molecule has 6 heteroatoms. The zero-order valence-corrected chi connectivity index (χ0v) is 18.8. The first kappa shape index (κ1) is 25.7. The molecule has 5 N–H and O–H groups in total. The van der Waals surface area contributed by atoms with Crippen LogP contribution in [0.2, 0.25) is 0 Å². The summed E-state index contributed by atoms with van der Waals surface area (Å²) in [5.74, 6) is 0.588. The molecule has 0 bridgehead atoms. The molecule has 2 aromatic rings. The number of nitrogens with two attached hydrogens (primary N) is 1. The Balaban J connectivity index is 0.00000363. The van der Waals surface area contributed by atoms with Gasteiger partial charge in [0.25, 0.3) is 0 Å². The van der Waals surface area contributed by atoms with E-state index in [2.05, 4.69) is 41.8 Å². The number of ether oxygens (including phenoxy) is 1. The van der Waals surface area contributed by atoms with Gasteiger partial charge >= 0.3 is 0 Å². The molecule has 0 unspecified atom stereocenters. The largest absolute Gasteiger partial charge is 0.508 e. The van der Waals surface area contributed by atoms with Gasteiger partial charge < -0.3 is 25.4 Å². The van der Waals surface area contributed by atoms with Gasteiger partial charge in [0, 0.05) is 37.3 Å². The molecule has 1 aliphatic heterocycles. The molecule has 176 valence electrons. The van der Waals surface area contributed by atoms with Gasteiger partial charge in [0.1, 0.15) is 18.0 Å². The summed E-state index contributed by atoms with van der Waals surface area (Å²) in [4.78, 5) is 13.4. The number of piperidine rings is 1. The van der Waals surface area contributed by atoms with Crippen LogP contribution < -0.4 is 20.3 Å². The van der Waals surface area contributed by atoms with Crippen LogP contribution in [0.4, 0.5) is 5.69 Å². The van der Waals surface area contributed by atoms with Crippen molar-refractivity contribution in [1.82, 2.24) is 0 Å². The van der Waals surface area contributed by atoms with Gasteiger partial charge in [-0.25, -0.2) is 0 Å². The number of amides is 1. The molecule has 1 aliphatic rings. The number of anilines is 1. The standard InChI is InChI=1S/C25H35N3O3.CH4/c1-3-25(30)27-23-10-9-22(29)17-24(23)31-16-4-13-26-21-11-14-28(15-12-21)18-20-7-5-19(2)6-8-20;/h5-10,17,21,26,29H,3-4,11-16,18H2,1-2H3,(H,27,30);1H4/p+2. The Morgan fingerprint density at radius 2 is 1.91 bits per heavy atom. The van der Waals surface area contributed by atoms with Crippen molar-refractivity contribution in [2.24, 2.45) is 0 Å². The van der Waals surface area contributed by atoms with Crippen molar-refractivity contribution < 1.29 is 24.9 Å². The van der Waals surface area contributed by atoms with E-state index in [1.54, 1.807) is 30.0 Å². The maximum atomic E-state index is 11.7. The molecular weight excluding hydrogens is 402 g/mol. The Bertz CT molecular complexity index is 831. The van der Waals surface area contributed by atoms with Gasteiger partial charge in [-0.3, -0.25) is 4.79 Å². The van der Waals surface area contributed by atoms with E-state index in [1.807, 2.05) is 0 Å². The third-order valence-corrected chi connectivity index (χ3v) is 5.98. The Morgan fingerprint density at radius 3 is 2.59 bits per heavy atom. The molecule has 1 fully saturated rings. The number of hydrogen-bond donors (Lipinski definition) is 4. The van der Waals surface area contributed by atoms with Crippen molar-refractivity contribution in [2.75, 3.05) is 31.6 Å². The zero-order valence-electron chi connectivity index (χ0n) is 18.8. The summed E-state index contributed by atoms with van der Waals surface area (Å²) < 4.78 is 5.85. The molecule has 0 aliphatic carbocycles. The van der Waals surface area contributed by atoms with Gasteiger partial charge in [0.15, 0.2) is 0 Å². The summed E-state index contributed by atoms with van der Waals surface area (Å²) in [5, 5.41) is 15.0. The second-order valence-corrected chi connectivity index (χ2v) is 8.56. The lowest BCUT2D eigenvalue weighted by Crippen LogP contribution is -3.13. The number of carbonyl (C=O) groups is 1. The minimum atomic E-state index is -0.0697. The maximum Gasteiger partial charge on any atom is 0.224 e. The highest BCUT2D eigenvalue weighted by atomic mass is 16.5. The average Bonchev–Trinajstić information content (AvgIpc) is 2.78. The van der Waals surface area contributed by atoms with Crippen molar-refractivity contribution in [3.8, 4) is 11.5 Å². The van der Waals surface area contributed by atoms with Gasteiger partial charge in [0.05, 0.1) is 38.0 Å². The first-order chi connectivity index (χ1) is 15.0. The normalized spacial score (nSPS) is 17.9. The molecule has 32 heavy (non-hydrogen) atoms. The second kappa shape index (κ2) is 13.1. The third kappa shape index (κ3) is 8.17. The van der Waals surface area contributed by atoms with E-state index in [4.69, 9.17) is 4.74 Å². The molecule has 0 radical (unpaired) electrons. The highest BCUT2D eigenvalue weighted by Gasteiger charge is 2.24. The number of hydrogen-bond acceptors (Lipinski definition) is 3. The highest BCUT2D eigenvalue weighted by Crippen LogP contribution is 2.29. The lowest BCUT2D eigenvalue weighted by molar-refractivity contribution is -0.926. The topological polar surface area (TPSA) is 79.6 Å². The average molecular weight is 444 g/mol. The van der Waals surface area contributed by atoms with Crippen LogP contribution in [0.5, 0.6) is 11.5 Å². The molecule has 0 aromatic heterocycles. The van der Waals surface area contributed by atoms with E-state index < -0.39 is 0 Å². The first-order valence-corrected chi connectivity index (χ1v) is 11.5. The molecular formula is C26H41N3O3+2. The van der Waals surface area contributed by atoms with Gasteiger partial charge in [-0.15, -0.1) is 0 Å². The first-order valence-electron chi connectivity index (χ1n) is 11.5. The van der Waals surface area contributed by atoms with Crippen LogP contribution in [0, 0.1) is 6.92 Å². The number of rotatable bonds is 10. The summed E-state index contributed by atoms with van der Waals surface area (Å²) in [6.45, 7) is 9.11. The minimum absolute atomic E-state index is 0. The monoisotopic (exact) mass is 443 g/mol. The summed E-state index contributed by atoms with van der Waals surface area (Å²) >= 11 is 0. The zero-order chi connectivity index (χ0) is 22.1. The van der Waals surface area contributed by atoms with Crippen LogP contribution in [0.3, 0.4) is 0 Å². The summed E-state index contributed by atoms with van der Waals surface area (Å²) in [6.07, 6.45) is 3.83. The molecule has 0 atom stereocenters. The van der Waals surface area contributed by atoms with Gasteiger partial charge in [-0.05, 0) is 19.1 Å². The Labute approximate surface area is 193 Å². The second-order valence-electron chi connectivity index (χ2n) is 8.56. The molecule has 0 spiro atoms. The predicted molar refractivity (Wildman–Crippen MR) is 129 cm³/mol. The summed E-state index contributed by atoms with van der Waals surface area (Å²) in [5.41, 5.74) is 3.36. The number of carbonyl (C=O) groups excluding carboxylic acids is 1. The van der Waals surface area contributed by atoms with Gasteiger partial charge in [-0.2, -0.15) is 0 Å². The SMILES string of the molecule is C.CCC(=O)Nc1ccc(O)cc1OCCC[NH2+]C1CC[NH+](Cc2ccc(C)cc2)CC1. The van der Waals surface area contributed by atoms with Crippen LogP contribution >= 0.6 is 0 Å². The fourth-order valence-electron chi connectivity index (χ4n) is 4.05. The van der Waals surface area contributed by atoms with E-state index >= 15 is 0 Å². The van der Waals surface area contributed by atoms with Gasteiger partial charge in [-0.1, -0.05) is 44.2 Å². The number of aromatic hydroxyl groups is 1. The minimum Gasteiger partial charge on any atom is -0.508 e. The van der Waals surface area contributed by atoms with Crippen LogP contribution in [0.15, 0.2) is 42.5 Å². The maximum absolute atomic E-state index is 11.7. The Morgan fingerprint density at radius 1 is 1.19 bits per heavy atom. The summed E-state index contributed by atoms with van der Waals surface area (Å²) in [6, 6.07) is 14.4. The van der Waals surface area contributed by atoms with Crippen LogP contribution in [-0.4, -0.2) is 43.3 Å². The molecule has 1 heterocycles. The van der Waals surface area contributed by atoms with E-state index in [0.717, 1.165) is 19.5 Å². The number of benzene rings is 2. The lowest BCUT2D eigenvalue weighted by atomic mass is 10.0. The number of aryl methyl sites for hydroxylation is 1. The Hall–Kier alpha value is -2.57. The quantitative estimate of drug-likeness (QED) is 0.336. The predicted octanol–water partition coefficient (Wildman–Crippen LogP) is 2.27. The Kier molecular flexibility index (Phi) is 10.5. The highest BCUT2D eigenvalue weighted by molar-refractivity contribution is 5.92. The van der Waals surface area contributed by atoms with Crippen LogP contribution in [0.25, 0.3) is 0 Å². The van der Waals surface area contributed by atoms with Crippen LogP contribution in [0.1, 0.15) is 51.2 Å². The number of quaternary nitrogens is 2. The summed E-state index contributed by atoms with van der Waals surface area (Å²) in [7, 11) is 0. The molecule has 1 saturated heterocycles. The van der Waals surface area contributed by atoms with Crippen molar-refractivity contribution >= 4 is 11.6 Å². The fraction of sp³-hybridized carbons (Fsp3) is 0.500. The van der Waals surface area contributed by atoms with E-state index in [9.17, 15) is 9.90 Å². The molecule has 3 rings (SSSR count). The van der Waals surface area contributed by atoms with E-state index in [-0.39, 0.29) is 19.1 Å². The fourth-order valence-corrected chi connectivity index (χ4v) is 4.05.